The second-order valence-electron chi connectivity index (χ2n) is 1.96. The molecule has 0 saturated carbocycles. The summed E-state index contributed by atoms with van der Waals surface area (Å²) in [5, 5.41) is 9.36. The molecule has 0 atom stereocenters. The molecule has 5 heteroatoms. The van der Waals surface area contributed by atoms with E-state index in [-0.39, 0.29) is 0 Å². The van der Waals surface area contributed by atoms with Gasteiger partial charge in [0, 0.05) is 5.39 Å². The molecule has 0 aliphatic carbocycles. The fourth-order valence-electron chi connectivity index (χ4n) is 0.799. The van der Waals surface area contributed by atoms with Gasteiger partial charge in [0.05, 0.1) is 14.1 Å². The van der Waals surface area contributed by atoms with Gasteiger partial charge in [-0.05, 0) is 28.7 Å². The van der Waals surface area contributed by atoms with Crippen molar-refractivity contribution in [2.75, 3.05) is 0 Å². The summed E-state index contributed by atoms with van der Waals surface area (Å²) in [6.07, 6.45) is 1.56. The molecule has 0 radical (unpaired) electrons. The molecule has 2 aromatic heterocycles. The lowest BCUT2D eigenvalue weighted by atomic mass is 10.4. The van der Waals surface area contributed by atoms with E-state index >= 15 is 0 Å². The van der Waals surface area contributed by atoms with E-state index in [1.54, 1.807) is 17.5 Å². The molecule has 0 saturated heterocycles. The molecule has 2 rings (SSSR count). The Bertz CT molecular complexity index is 400. The summed E-state index contributed by atoms with van der Waals surface area (Å²) in [5.74, 6) is 0. The van der Waals surface area contributed by atoms with Crippen molar-refractivity contribution >= 4 is 55.7 Å². The van der Waals surface area contributed by atoms with Gasteiger partial charge < -0.3 is 0 Å². The third-order valence-corrected chi connectivity index (χ3v) is 3.34. The molecular weight excluding hydrogens is 295 g/mol. The van der Waals surface area contributed by atoms with Crippen LogP contribution in [0.5, 0.6) is 0 Å². The highest BCUT2D eigenvalue weighted by atomic mass is 127. The van der Waals surface area contributed by atoms with Crippen molar-refractivity contribution in [3.63, 3.8) is 0 Å². The first-order valence-electron chi connectivity index (χ1n) is 2.83. The SMILES string of the molecule is Clc1cnnc2sc(I)cc12. The molecule has 11 heavy (non-hydrogen) atoms. The Kier molecular flexibility index (Phi) is 1.98. The summed E-state index contributed by atoms with van der Waals surface area (Å²) in [4.78, 5) is 0.905. The van der Waals surface area contributed by atoms with Crippen molar-refractivity contribution in [1.29, 1.82) is 0 Å². The lowest BCUT2D eigenvalue weighted by Gasteiger charge is -1.87. The number of aromatic nitrogens is 2. The van der Waals surface area contributed by atoms with E-state index in [1.165, 1.54) is 2.88 Å². The van der Waals surface area contributed by atoms with Crippen molar-refractivity contribution in [3.8, 4) is 0 Å². The minimum atomic E-state index is 0.675. The minimum Gasteiger partial charge on any atom is -0.156 e. The van der Waals surface area contributed by atoms with Crippen LogP contribution >= 0.6 is 45.5 Å². The number of hydrogen-bond donors (Lipinski definition) is 0. The van der Waals surface area contributed by atoms with Crippen molar-refractivity contribution in [2.24, 2.45) is 0 Å². The quantitative estimate of drug-likeness (QED) is 0.699. The summed E-state index contributed by atoms with van der Waals surface area (Å²) >= 11 is 9.71. The fraction of sp³-hybridized carbons (Fsp3) is 0. The molecule has 0 aromatic carbocycles. The van der Waals surface area contributed by atoms with Crippen LogP contribution in [0.1, 0.15) is 0 Å². The summed E-state index contributed by atoms with van der Waals surface area (Å²) in [5.41, 5.74) is 0. The summed E-state index contributed by atoms with van der Waals surface area (Å²) in [6, 6.07) is 2.01. The zero-order valence-corrected chi connectivity index (χ0v) is 8.94. The lowest BCUT2D eigenvalue weighted by molar-refractivity contribution is 1.09. The van der Waals surface area contributed by atoms with Crippen molar-refractivity contribution in [3.05, 3.63) is 20.2 Å². The Morgan fingerprint density at radius 3 is 3.09 bits per heavy atom. The predicted molar refractivity (Wildman–Crippen MR) is 55.1 cm³/mol. The van der Waals surface area contributed by atoms with Crippen LogP contribution in [0.25, 0.3) is 10.2 Å². The van der Waals surface area contributed by atoms with Crippen molar-refractivity contribution < 1.29 is 0 Å². The first kappa shape index (κ1) is 7.70. The van der Waals surface area contributed by atoms with Gasteiger partial charge in [0.25, 0.3) is 0 Å². The highest BCUT2D eigenvalue weighted by molar-refractivity contribution is 14.1. The summed E-state index contributed by atoms with van der Waals surface area (Å²) < 4.78 is 1.18. The summed E-state index contributed by atoms with van der Waals surface area (Å²) in [6.45, 7) is 0. The maximum Gasteiger partial charge on any atom is 0.148 e. The van der Waals surface area contributed by atoms with E-state index < -0.39 is 0 Å². The molecule has 56 valence electrons. The van der Waals surface area contributed by atoms with Gasteiger partial charge in [0.2, 0.25) is 0 Å². The van der Waals surface area contributed by atoms with Gasteiger partial charge >= 0.3 is 0 Å². The van der Waals surface area contributed by atoms with Gasteiger partial charge in [0.1, 0.15) is 4.83 Å². The molecule has 0 aliphatic rings. The molecule has 0 amide bonds. The van der Waals surface area contributed by atoms with Gasteiger partial charge in [0.15, 0.2) is 0 Å². The Balaban J connectivity index is 2.90. The van der Waals surface area contributed by atoms with Crippen LogP contribution < -0.4 is 0 Å². The van der Waals surface area contributed by atoms with E-state index in [0.717, 1.165) is 10.2 Å². The van der Waals surface area contributed by atoms with Gasteiger partial charge in [-0.25, -0.2) is 0 Å². The van der Waals surface area contributed by atoms with E-state index in [1.807, 2.05) is 6.07 Å². The maximum atomic E-state index is 5.87. The van der Waals surface area contributed by atoms with Crippen LogP contribution in [-0.2, 0) is 0 Å². The number of nitrogens with zero attached hydrogens (tertiary/aromatic N) is 2. The number of hydrogen-bond acceptors (Lipinski definition) is 3. The van der Waals surface area contributed by atoms with Gasteiger partial charge in [-0.1, -0.05) is 11.6 Å². The van der Waals surface area contributed by atoms with E-state index in [2.05, 4.69) is 32.8 Å². The number of thiophene rings is 1. The van der Waals surface area contributed by atoms with E-state index in [4.69, 9.17) is 11.6 Å². The predicted octanol–water partition coefficient (Wildman–Crippen LogP) is 2.95. The minimum absolute atomic E-state index is 0.675. The van der Waals surface area contributed by atoms with Crippen LogP contribution in [0.3, 0.4) is 0 Å². The van der Waals surface area contributed by atoms with Crippen LogP contribution in [0, 0.1) is 2.88 Å². The molecular formula is C6H2ClIN2S. The zero-order valence-electron chi connectivity index (χ0n) is 5.21. The fourth-order valence-corrected chi connectivity index (χ4v) is 2.71. The molecule has 0 aliphatic heterocycles. The van der Waals surface area contributed by atoms with Gasteiger partial charge in [-0.15, -0.1) is 16.4 Å². The van der Waals surface area contributed by atoms with Crippen LogP contribution in [0.15, 0.2) is 12.3 Å². The number of halogens is 2. The van der Waals surface area contributed by atoms with Gasteiger partial charge in [-0.2, -0.15) is 5.10 Å². The second kappa shape index (κ2) is 2.84. The Labute approximate surface area is 85.7 Å². The highest BCUT2D eigenvalue weighted by Crippen LogP contribution is 2.28. The molecule has 2 aromatic rings. The number of fused-ring (bicyclic) bond motifs is 1. The van der Waals surface area contributed by atoms with E-state index in [9.17, 15) is 0 Å². The van der Waals surface area contributed by atoms with Gasteiger partial charge in [-0.3, -0.25) is 0 Å². The maximum absolute atomic E-state index is 5.87. The third-order valence-electron chi connectivity index (χ3n) is 1.26. The zero-order chi connectivity index (χ0) is 7.84. The normalized spacial score (nSPS) is 10.7. The standard InChI is InChI=1S/C6H2ClIN2S/c7-4-2-9-10-6-3(4)1-5(8)11-6/h1-2H. The first-order chi connectivity index (χ1) is 5.27. The average molecular weight is 297 g/mol. The molecule has 0 fully saturated rings. The molecule has 0 bridgehead atoms. The highest BCUT2D eigenvalue weighted by Gasteiger charge is 2.03. The molecule has 0 unspecified atom stereocenters. The summed E-state index contributed by atoms with van der Waals surface area (Å²) in [7, 11) is 0. The van der Waals surface area contributed by atoms with Crippen LogP contribution in [0.2, 0.25) is 5.02 Å². The third kappa shape index (κ3) is 1.34. The topological polar surface area (TPSA) is 25.8 Å². The lowest BCUT2D eigenvalue weighted by Crippen LogP contribution is -1.77. The second-order valence-corrected chi connectivity index (χ2v) is 5.29. The van der Waals surface area contributed by atoms with Crippen molar-refractivity contribution in [1.82, 2.24) is 10.2 Å². The van der Waals surface area contributed by atoms with Crippen LogP contribution in [-0.4, -0.2) is 10.2 Å². The monoisotopic (exact) mass is 296 g/mol. The van der Waals surface area contributed by atoms with E-state index in [0.29, 0.717) is 5.02 Å². The first-order valence-corrected chi connectivity index (χ1v) is 5.11. The Hall–Kier alpha value is 0.0600. The molecule has 2 nitrogen and oxygen atoms in total. The average Bonchev–Trinajstić information content (AvgIpc) is 2.31. The Morgan fingerprint density at radius 2 is 2.36 bits per heavy atom. The van der Waals surface area contributed by atoms with Crippen molar-refractivity contribution in [2.45, 2.75) is 0 Å². The molecule has 2 heterocycles. The molecule has 0 N–H and O–H groups in total. The smallest absolute Gasteiger partial charge is 0.148 e. The Morgan fingerprint density at radius 1 is 1.55 bits per heavy atom. The largest absolute Gasteiger partial charge is 0.156 e. The van der Waals surface area contributed by atoms with Crippen LogP contribution in [0.4, 0.5) is 0 Å². The number of rotatable bonds is 0. The molecule has 0 spiro atoms.